The van der Waals surface area contributed by atoms with Crippen LogP contribution in [0.1, 0.15) is 23.7 Å². The van der Waals surface area contributed by atoms with Crippen molar-refractivity contribution >= 4 is 29.0 Å². The van der Waals surface area contributed by atoms with Gasteiger partial charge in [-0.15, -0.1) is 0 Å². The Hall–Kier alpha value is -2.34. The fourth-order valence-corrected chi connectivity index (χ4v) is 3.53. The molecule has 0 bridgehead atoms. The van der Waals surface area contributed by atoms with E-state index >= 15 is 0 Å². The molecule has 3 rings (SSSR count). The standard InChI is InChI=1S/C16H14N2O3S/c1-2-9-17-13-10-11(18(20)21)7-8-15(13)22-14-6-4-3-5-12(14)16(17)19/h3-8,10H,2,9H2,1H3. The number of nitrogens with zero attached hydrogens (tertiary/aromatic N) is 2. The molecule has 112 valence electrons. The fraction of sp³-hybridized carbons (Fsp3) is 0.188. The second kappa shape index (κ2) is 5.81. The molecule has 5 nitrogen and oxygen atoms in total. The monoisotopic (exact) mass is 314 g/mol. The Labute approximate surface area is 132 Å². The summed E-state index contributed by atoms with van der Waals surface area (Å²) >= 11 is 1.47. The molecule has 6 heteroatoms. The van der Waals surface area contributed by atoms with Crippen molar-refractivity contribution < 1.29 is 9.72 Å². The molecule has 2 aromatic rings. The zero-order valence-electron chi connectivity index (χ0n) is 12.0. The van der Waals surface area contributed by atoms with E-state index in [1.54, 1.807) is 17.0 Å². The number of non-ortho nitro benzene ring substituents is 1. The van der Waals surface area contributed by atoms with E-state index in [4.69, 9.17) is 0 Å². The Bertz CT molecular complexity index is 761. The van der Waals surface area contributed by atoms with E-state index in [1.165, 1.54) is 23.9 Å². The van der Waals surface area contributed by atoms with Crippen molar-refractivity contribution in [3.8, 4) is 0 Å². The van der Waals surface area contributed by atoms with Gasteiger partial charge in [-0.25, -0.2) is 0 Å². The van der Waals surface area contributed by atoms with Crippen LogP contribution in [0.4, 0.5) is 11.4 Å². The van der Waals surface area contributed by atoms with Gasteiger partial charge in [0.25, 0.3) is 11.6 Å². The lowest BCUT2D eigenvalue weighted by Crippen LogP contribution is -2.31. The van der Waals surface area contributed by atoms with Gasteiger partial charge in [0, 0.05) is 28.5 Å². The van der Waals surface area contributed by atoms with Crippen molar-refractivity contribution in [1.82, 2.24) is 0 Å². The predicted molar refractivity (Wildman–Crippen MR) is 85.6 cm³/mol. The number of hydrogen-bond acceptors (Lipinski definition) is 4. The highest BCUT2D eigenvalue weighted by Gasteiger charge is 2.28. The number of benzene rings is 2. The lowest BCUT2D eigenvalue weighted by molar-refractivity contribution is -0.384. The lowest BCUT2D eigenvalue weighted by atomic mass is 10.1. The molecule has 0 saturated carbocycles. The Balaban J connectivity index is 2.19. The van der Waals surface area contributed by atoms with Crippen molar-refractivity contribution in [3.63, 3.8) is 0 Å². The summed E-state index contributed by atoms with van der Waals surface area (Å²) in [6, 6.07) is 12.1. The van der Waals surface area contributed by atoms with Crippen molar-refractivity contribution in [2.24, 2.45) is 0 Å². The zero-order valence-corrected chi connectivity index (χ0v) is 12.8. The summed E-state index contributed by atoms with van der Waals surface area (Å²) in [5, 5.41) is 11.0. The molecular formula is C16H14N2O3S. The number of rotatable bonds is 3. The lowest BCUT2D eigenvalue weighted by Gasteiger charge is -2.22. The first-order valence-corrected chi connectivity index (χ1v) is 7.80. The van der Waals surface area contributed by atoms with Gasteiger partial charge in [-0.3, -0.25) is 14.9 Å². The van der Waals surface area contributed by atoms with Crippen molar-refractivity contribution in [2.45, 2.75) is 23.1 Å². The van der Waals surface area contributed by atoms with Crippen molar-refractivity contribution in [2.75, 3.05) is 11.4 Å². The topological polar surface area (TPSA) is 63.5 Å². The maximum Gasteiger partial charge on any atom is 0.271 e. The van der Waals surface area contributed by atoms with Gasteiger partial charge in [0.15, 0.2) is 0 Å². The third-order valence-electron chi connectivity index (χ3n) is 3.47. The van der Waals surface area contributed by atoms with Crippen LogP contribution in [0.2, 0.25) is 0 Å². The van der Waals surface area contributed by atoms with Crippen LogP contribution >= 0.6 is 11.8 Å². The quantitative estimate of drug-likeness (QED) is 0.631. The molecule has 0 aliphatic carbocycles. The number of amides is 1. The van der Waals surface area contributed by atoms with Crippen LogP contribution in [0.3, 0.4) is 0 Å². The molecule has 0 fully saturated rings. The van der Waals surface area contributed by atoms with Gasteiger partial charge in [0.2, 0.25) is 0 Å². The molecule has 0 unspecified atom stereocenters. The smallest absolute Gasteiger partial charge is 0.271 e. The van der Waals surface area contributed by atoms with Crippen LogP contribution < -0.4 is 4.90 Å². The van der Waals surface area contributed by atoms with Crippen LogP contribution in [0, 0.1) is 10.1 Å². The Kier molecular flexibility index (Phi) is 3.85. The maximum atomic E-state index is 12.8. The third kappa shape index (κ3) is 2.46. The van der Waals surface area contributed by atoms with Crippen LogP contribution in [-0.4, -0.2) is 17.4 Å². The van der Waals surface area contributed by atoms with Crippen LogP contribution in [0.5, 0.6) is 0 Å². The second-order valence-corrected chi connectivity index (χ2v) is 6.05. The van der Waals surface area contributed by atoms with Gasteiger partial charge < -0.3 is 4.90 Å². The van der Waals surface area contributed by atoms with Gasteiger partial charge in [-0.2, -0.15) is 0 Å². The van der Waals surface area contributed by atoms with E-state index in [2.05, 4.69) is 0 Å². The first-order chi connectivity index (χ1) is 10.6. The summed E-state index contributed by atoms with van der Waals surface area (Å²) in [4.78, 5) is 26.8. The second-order valence-electron chi connectivity index (χ2n) is 4.96. The van der Waals surface area contributed by atoms with E-state index in [0.29, 0.717) is 17.8 Å². The molecule has 22 heavy (non-hydrogen) atoms. The first-order valence-electron chi connectivity index (χ1n) is 6.99. The van der Waals surface area contributed by atoms with Crippen molar-refractivity contribution in [3.05, 3.63) is 58.1 Å². The van der Waals surface area contributed by atoms with E-state index < -0.39 is 4.92 Å². The van der Waals surface area contributed by atoms with Gasteiger partial charge in [-0.05, 0) is 24.6 Å². The Morgan fingerprint density at radius 2 is 1.95 bits per heavy atom. The average molecular weight is 314 g/mol. The van der Waals surface area contributed by atoms with E-state index in [0.717, 1.165) is 16.2 Å². The fourth-order valence-electron chi connectivity index (χ4n) is 2.47. The van der Waals surface area contributed by atoms with Gasteiger partial charge in [0.05, 0.1) is 16.2 Å². The molecule has 0 atom stereocenters. The molecule has 1 heterocycles. The maximum absolute atomic E-state index is 12.8. The van der Waals surface area contributed by atoms with Crippen LogP contribution in [-0.2, 0) is 0 Å². The number of carbonyl (C=O) groups excluding carboxylic acids is 1. The predicted octanol–water partition coefficient (Wildman–Crippen LogP) is 4.12. The number of fused-ring (bicyclic) bond motifs is 2. The molecule has 1 aliphatic heterocycles. The minimum absolute atomic E-state index is 0.000732. The molecule has 0 N–H and O–H groups in total. The summed E-state index contributed by atoms with van der Waals surface area (Å²) in [6.07, 6.45) is 0.778. The van der Waals surface area contributed by atoms with Gasteiger partial charge in [0.1, 0.15) is 0 Å². The molecule has 2 aromatic carbocycles. The molecule has 0 radical (unpaired) electrons. The third-order valence-corrected chi connectivity index (χ3v) is 4.61. The summed E-state index contributed by atoms with van der Waals surface area (Å²) in [5.41, 5.74) is 1.25. The Morgan fingerprint density at radius 1 is 1.18 bits per heavy atom. The number of anilines is 1. The minimum atomic E-state index is -0.433. The first kappa shape index (κ1) is 14.6. The molecule has 0 aromatic heterocycles. The van der Waals surface area contributed by atoms with E-state index in [1.807, 2.05) is 25.1 Å². The molecule has 0 saturated heterocycles. The zero-order chi connectivity index (χ0) is 15.7. The summed E-state index contributed by atoms with van der Waals surface area (Å²) in [5.74, 6) is -0.107. The normalized spacial score (nSPS) is 13.3. The molecular weight excluding hydrogens is 300 g/mol. The molecule has 1 amide bonds. The Morgan fingerprint density at radius 3 is 2.68 bits per heavy atom. The SMILES string of the molecule is CCCN1C(=O)c2ccccc2Sc2ccc([N+](=O)[O-])cc21. The molecule has 0 spiro atoms. The summed E-state index contributed by atoms with van der Waals surface area (Å²) < 4.78 is 0. The number of nitro groups is 1. The highest BCUT2D eigenvalue weighted by atomic mass is 32.2. The largest absolute Gasteiger partial charge is 0.307 e. The molecule has 1 aliphatic rings. The van der Waals surface area contributed by atoms with Crippen LogP contribution in [0.15, 0.2) is 52.3 Å². The average Bonchev–Trinajstić information content (AvgIpc) is 2.63. The summed E-state index contributed by atoms with van der Waals surface area (Å²) in [7, 11) is 0. The van der Waals surface area contributed by atoms with Gasteiger partial charge in [-0.1, -0.05) is 30.8 Å². The minimum Gasteiger partial charge on any atom is -0.307 e. The highest BCUT2D eigenvalue weighted by Crippen LogP contribution is 2.42. The number of hydrogen-bond donors (Lipinski definition) is 0. The number of carbonyl (C=O) groups is 1. The van der Waals surface area contributed by atoms with Crippen molar-refractivity contribution in [1.29, 1.82) is 0 Å². The van der Waals surface area contributed by atoms with Crippen LogP contribution in [0.25, 0.3) is 0 Å². The number of nitro benzene ring substituents is 1. The van der Waals surface area contributed by atoms with Gasteiger partial charge >= 0.3 is 0 Å². The highest BCUT2D eigenvalue weighted by molar-refractivity contribution is 7.99. The van der Waals surface area contributed by atoms with E-state index in [9.17, 15) is 14.9 Å². The van der Waals surface area contributed by atoms with E-state index in [-0.39, 0.29) is 11.6 Å². The summed E-state index contributed by atoms with van der Waals surface area (Å²) in [6.45, 7) is 2.51.